The number of nitrogens with one attached hydrogen (secondary N) is 1. The highest BCUT2D eigenvalue weighted by Crippen LogP contribution is 2.17. The quantitative estimate of drug-likeness (QED) is 0.761. The molecule has 0 aliphatic carbocycles. The summed E-state index contributed by atoms with van der Waals surface area (Å²) in [4.78, 5) is 16.3. The molecule has 0 radical (unpaired) electrons. The van der Waals surface area contributed by atoms with Gasteiger partial charge in [0.15, 0.2) is 0 Å². The highest BCUT2D eigenvalue weighted by atomic mass is 35.5. The normalized spacial score (nSPS) is 10.7. The number of fused-ring (bicyclic) bond motifs is 1. The number of phenolic OH excluding ortho intramolecular Hbond substituents is 1. The fraction of sp³-hybridized carbons (Fsp3) is 0. The molecule has 2 aromatic heterocycles. The lowest BCUT2D eigenvalue weighted by molar-refractivity contribution is 0.102. The first-order valence-corrected chi connectivity index (χ1v) is 6.24. The Balaban J connectivity index is 1.88. The number of anilines is 1. The summed E-state index contributed by atoms with van der Waals surface area (Å²) in [6, 6.07) is 9.76. The molecule has 2 heterocycles. The molecular weight excluding hydrogens is 278 g/mol. The van der Waals surface area contributed by atoms with E-state index >= 15 is 0 Å². The Morgan fingerprint density at radius 2 is 2.10 bits per heavy atom. The van der Waals surface area contributed by atoms with E-state index in [0.717, 1.165) is 0 Å². The van der Waals surface area contributed by atoms with Gasteiger partial charge in [0, 0.05) is 24.1 Å². The van der Waals surface area contributed by atoms with Crippen LogP contribution in [0, 0.1) is 0 Å². The monoisotopic (exact) mass is 287 g/mol. The maximum atomic E-state index is 12.1. The number of amides is 1. The van der Waals surface area contributed by atoms with Crippen molar-refractivity contribution >= 4 is 28.8 Å². The van der Waals surface area contributed by atoms with Crippen LogP contribution in [0.15, 0.2) is 48.8 Å². The molecule has 20 heavy (non-hydrogen) atoms. The third-order valence-corrected chi connectivity index (χ3v) is 2.98. The highest BCUT2D eigenvalue weighted by Gasteiger charge is 2.11. The topological polar surface area (TPSA) is 66.6 Å². The molecule has 0 saturated carbocycles. The lowest BCUT2D eigenvalue weighted by Gasteiger charge is -2.02. The molecule has 0 spiro atoms. The number of carbonyl (C=O) groups excluding carboxylic acids is 1. The van der Waals surface area contributed by atoms with Crippen LogP contribution in [0.5, 0.6) is 5.75 Å². The van der Waals surface area contributed by atoms with Crippen molar-refractivity contribution < 1.29 is 9.90 Å². The van der Waals surface area contributed by atoms with E-state index in [1.165, 1.54) is 12.1 Å². The van der Waals surface area contributed by atoms with Crippen molar-refractivity contribution in [2.75, 3.05) is 5.32 Å². The zero-order valence-corrected chi connectivity index (χ0v) is 11.0. The molecule has 3 aromatic rings. The van der Waals surface area contributed by atoms with Crippen molar-refractivity contribution in [3.63, 3.8) is 0 Å². The van der Waals surface area contributed by atoms with Crippen molar-refractivity contribution in [2.24, 2.45) is 0 Å². The molecule has 3 rings (SSSR count). The summed E-state index contributed by atoms with van der Waals surface area (Å²) in [5.74, 6) is -0.264. The zero-order chi connectivity index (χ0) is 14.1. The minimum Gasteiger partial charge on any atom is -0.508 e. The fourth-order valence-corrected chi connectivity index (χ4v) is 2.02. The number of halogens is 1. The van der Waals surface area contributed by atoms with E-state index in [4.69, 9.17) is 11.6 Å². The number of nitrogens with zero attached hydrogens (tertiary/aromatic N) is 2. The van der Waals surface area contributed by atoms with Crippen LogP contribution < -0.4 is 5.32 Å². The first kappa shape index (κ1) is 12.5. The molecule has 5 nitrogen and oxygen atoms in total. The number of hydrogen-bond acceptors (Lipinski definition) is 3. The predicted octanol–water partition coefficient (Wildman–Crippen LogP) is 2.95. The van der Waals surface area contributed by atoms with Crippen molar-refractivity contribution in [1.29, 1.82) is 0 Å². The van der Waals surface area contributed by atoms with E-state index in [1.54, 1.807) is 41.1 Å². The molecule has 0 unspecified atom stereocenters. The third-order valence-electron chi connectivity index (χ3n) is 2.75. The Labute approximate surface area is 119 Å². The number of rotatable bonds is 2. The summed E-state index contributed by atoms with van der Waals surface area (Å²) < 4.78 is 1.68. The summed E-state index contributed by atoms with van der Waals surface area (Å²) in [6.45, 7) is 0. The Kier molecular flexibility index (Phi) is 3.04. The molecule has 0 aliphatic heterocycles. The van der Waals surface area contributed by atoms with Crippen LogP contribution in [0.2, 0.25) is 5.02 Å². The van der Waals surface area contributed by atoms with Crippen LogP contribution in [0.4, 0.5) is 5.69 Å². The summed E-state index contributed by atoms with van der Waals surface area (Å²) in [6.07, 6.45) is 3.27. The van der Waals surface area contributed by atoms with Gasteiger partial charge >= 0.3 is 0 Å². The SMILES string of the molecule is O=C(Nc1cccc(O)c1)c1cn2cc(Cl)ccc2n1. The van der Waals surface area contributed by atoms with Gasteiger partial charge in [-0.05, 0) is 24.3 Å². The summed E-state index contributed by atoms with van der Waals surface area (Å²) >= 11 is 5.88. The van der Waals surface area contributed by atoms with Crippen molar-refractivity contribution in [3.05, 3.63) is 59.5 Å². The van der Waals surface area contributed by atoms with Gasteiger partial charge in [0.05, 0.1) is 5.02 Å². The summed E-state index contributed by atoms with van der Waals surface area (Å²) in [5.41, 5.74) is 1.41. The number of pyridine rings is 1. The van der Waals surface area contributed by atoms with Gasteiger partial charge in [-0.1, -0.05) is 17.7 Å². The van der Waals surface area contributed by atoms with Gasteiger partial charge in [-0.3, -0.25) is 4.79 Å². The average molecular weight is 288 g/mol. The second-order valence-corrected chi connectivity index (χ2v) is 4.68. The molecule has 0 aliphatic rings. The first-order valence-electron chi connectivity index (χ1n) is 5.86. The number of hydrogen-bond donors (Lipinski definition) is 2. The Morgan fingerprint density at radius 3 is 2.90 bits per heavy atom. The largest absolute Gasteiger partial charge is 0.508 e. The Hall–Kier alpha value is -2.53. The molecule has 0 fully saturated rings. The molecule has 0 saturated heterocycles. The van der Waals surface area contributed by atoms with E-state index in [0.29, 0.717) is 16.4 Å². The standard InChI is InChI=1S/C14H10ClN3O2/c15-9-4-5-13-17-12(8-18(13)7-9)14(20)16-10-2-1-3-11(19)6-10/h1-8,19H,(H,16,20). The lowest BCUT2D eigenvalue weighted by Crippen LogP contribution is -2.12. The summed E-state index contributed by atoms with van der Waals surface area (Å²) in [5, 5.41) is 12.6. The number of benzene rings is 1. The van der Waals surface area contributed by atoms with E-state index in [-0.39, 0.29) is 17.4 Å². The van der Waals surface area contributed by atoms with Gasteiger partial charge in [-0.15, -0.1) is 0 Å². The van der Waals surface area contributed by atoms with Crippen LogP contribution >= 0.6 is 11.6 Å². The number of phenols is 1. The van der Waals surface area contributed by atoms with Crippen LogP contribution in [0.1, 0.15) is 10.5 Å². The van der Waals surface area contributed by atoms with E-state index in [1.807, 2.05) is 0 Å². The van der Waals surface area contributed by atoms with Crippen molar-refractivity contribution in [2.45, 2.75) is 0 Å². The molecule has 1 amide bonds. The van der Waals surface area contributed by atoms with E-state index in [9.17, 15) is 9.90 Å². The molecule has 6 heteroatoms. The van der Waals surface area contributed by atoms with E-state index in [2.05, 4.69) is 10.3 Å². The van der Waals surface area contributed by atoms with Crippen molar-refractivity contribution in [3.8, 4) is 5.75 Å². The van der Waals surface area contributed by atoms with Gasteiger partial charge in [-0.2, -0.15) is 0 Å². The van der Waals surface area contributed by atoms with Gasteiger partial charge in [-0.25, -0.2) is 4.98 Å². The molecule has 100 valence electrons. The van der Waals surface area contributed by atoms with Crippen LogP contribution in [0.25, 0.3) is 5.65 Å². The van der Waals surface area contributed by atoms with Gasteiger partial charge in [0.25, 0.3) is 5.91 Å². The van der Waals surface area contributed by atoms with Crippen LogP contribution in [0.3, 0.4) is 0 Å². The maximum absolute atomic E-state index is 12.1. The van der Waals surface area contributed by atoms with Crippen LogP contribution in [-0.4, -0.2) is 20.4 Å². The van der Waals surface area contributed by atoms with Gasteiger partial charge in [0.2, 0.25) is 0 Å². The summed E-state index contributed by atoms with van der Waals surface area (Å²) in [7, 11) is 0. The second-order valence-electron chi connectivity index (χ2n) is 4.24. The molecule has 1 aromatic carbocycles. The Morgan fingerprint density at radius 1 is 1.25 bits per heavy atom. The van der Waals surface area contributed by atoms with Gasteiger partial charge < -0.3 is 14.8 Å². The zero-order valence-electron chi connectivity index (χ0n) is 10.2. The van der Waals surface area contributed by atoms with Crippen molar-refractivity contribution in [1.82, 2.24) is 9.38 Å². The fourth-order valence-electron chi connectivity index (χ4n) is 1.85. The van der Waals surface area contributed by atoms with Crippen LogP contribution in [-0.2, 0) is 0 Å². The third kappa shape index (κ3) is 2.44. The van der Waals surface area contributed by atoms with E-state index < -0.39 is 0 Å². The smallest absolute Gasteiger partial charge is 0.275 e. The number of aromatic hydroxyl groups is 1. The maximum Gasteiger partial charge on any atom is 0.275 e. The molecule has 0 atom stereocenters. The number of aromatic nitrogens is 2. The first-order chi connectivity index (χ1) is 9.61. The number of carbonyl (C=O) groups is 1. The average Bonchev–Trinajstić information content (AvgIpc) is 2.81. The molecule has 2 N–H and O–H groups in total. The van der Waals surface area contributed by atoms with Gasteiger partial charge in [0.1, 0.15) is 17.1 Å². The second kappa shape index (κ2) is 4.86. The lowest BCUT2D eigenvalue weighted by atomic mass is 10.3. The Bertz CT molecular complexity index is 798. The number of imidazole rings is 1. The highest BCUT2D eigenvalue weighted by molar-refractivity contribution is 6.30. The minimum absolute atomic E-state index is 0.0876. The minimum atomic E-state index is -0.351. The molecular formula is C14H10ClN3O2. The molecule has 0 bridgehead atoms. The predicted molar refractivity (Wildman–Crippen MR) is 76.3 cm³/mol.